The summed E-state index contributed by atoms with van der Waals surface area (Å²) in [6, 6.07) is 10.9. The second-order valence-electron chi connectivity index (χ2n) is 6.78. The fourth-order valence-corrected chi connectivity index (χ4v) is 3.21. The van der Waals surface area contributed by atoms with Crippen molar-refractivity contribution < 1.29 is 14.3 Å². The molecule has 1 aromatic carbocycles. The van der Waals surface area contributed by atoms with E-state index < -0.39 is 6.10 Å². The maximum Gasteiger partial charge on any atom is 0.269 e. The van der Waals surface area contributed by atoms with Crippen LogP contribution in [-0.4, -0.2) is 39.0 Å². The molecule has 148 valence electrons. The largest absolute Gasteiger partial charge is 0.481 e. The number of carbonyl (C=O) groups is 2. The van der Waals surface area contributed by atoms with Gasteiger partial charge in [-0.05, 0) is 49.7 Å². The maximum absolute atomic E-state index is 13.1. The normalized spacial score (nSPS) is 14.1. The molecule has 8 nitrogen and oxygen atoms in total. The van der Waals surface area contributed by atoms with E-state index >= 15 is 0 Å². The molecule has 0 fully saturated rings. The number of aromatic nitrogens is 3. The molecule has 0 saturated heterocycles. The lowest BCUT2D eigenvalue weighted by Gasteiger charge is -2.30. The van der Waals surface area contributed by atoms with Crippen LogP contribution < -0.4 is 15.0 Å². The molecule has 3 aromatic rings. The van der Waals surface area contributed by atoms with Gasteiger partial charge in [0.25, 0.3) is 5.91 Å². The Morgan fingerprint density at radius 2 is 2.03 bits per heavy atom. The number of anilines is 2. The van der Waals surface area contributed by atoms with E-state index in [1.807, 2.05) is 48.9 Å². The Morgan fingerprint density at radius 3 is 2.72 bits per heavy atom. The number of amides is 2. The summed E-state index contributed by atoms with van der Waals surface area (Å²) >= 11 is 0. The predicted octanol–water partition coefficient (Wildman–Crippen LogP) is 2.72. The van der Waals surface area contributed by atoms with E-state index in [0.717, 1.165) is 11.4 Å². The van der Waals surface area contributed by atoms with Crippen molar-refractivity contribution in [1.29, 1.82) is 0 Å². The van der Waals surface area contributed by atoms with Crippen molar-refractivity contribution in [3.63, 3.8) is 0 Å². The topological polar surface area (TPSA) is 89.4 Å². The van der Waals surface area contributed by atoms with Crippen molar-refractivity contribution in [2.45, 2.75) is 26.4 Å². The van der Waals surface area contributed by atoms with Crippen LogP contribution >= 0.6 is 0 Å². The van der Waals surface area contributed by atoms with Crippen LogP contribution in [0.5, 0.6) is 5.75 Å². The van der Waals surface area contributed by atoms with Gasteiger partial charge in [-0.2, -0.15) is 0 Å². The lowest BCUT2D eigenvalue weighted by atomic mass is 10.2. The molecular formula is C21H21N5O3. The number of aryl methyl sites for hydroxylation is 1. The summed E-state index contributed by atoms with van der Waals surface area (Å²) in [6.45, 7) is 3.72. The number of fused-ring (bicyclic) bond motifs is 1. The SMILES string of the molecule is CCC(Oc1ccc(-n2cnc(C)c2)cc1)C(=O)N1CC(=O)Nc2cccnc21. The number of carbonyl (C=O) groups excluding carboxylic acids is 2. The second kappa shape index (κ2) is 7.75. The monoisotopic (exact) mass is 391 g/mol. The highest BCUT2D eigenvalue weighted by atomic mass is 16.5. The van der Waals surface area contributed by atoms with E-state index in [9.17, 15) is 9.59 Å². The third-order valence-electron chi connectivity index (χ3n) is 4.66. The van der Waals surface area contributed by atoms with Gasteiger partial charge in [0.15, 0.2) is 11.9 Å². The zero-order valence-electron chi connectivity index (χ0n) is 16.2. The zero-order chi connectivity index (χ0) is 20.4. The Morgan fingerprint density at radius 1 is 1.24 bits per heavy atom. The number of imidazole rings is 1. The summed E-state index contributed by atoms with van der Waals surface area (Å²) < 4.78 is 7.86. The number of hydrogen-bond acceptors (Lipinski definition) is 5. The van der Waals surface area contributed by atoms with Gasteiger partial charge >= 0.3 is 0 Å². The molecule has 0 radical (unpaired) electrons. The van der Waals surface area contributed by atoms with Crippen LogP contribution in [0.25, 0.3) is 5.69 Å². The van der Waals surface area contributed by atoms with Gasteiger partial charge in [-0.3, -0.25) is 14.5 Å². The van der Waals surface area contributed by atoms with Crippen molar-refractivity contribution in [2.24, 2.45) is 0 Å². The Bertz CT molecular complexity index is 1040. The van der Waals surface area contributed by atoms with Gasteiger partial charge in [-0.25, -0.2) is 9.97 Å². The zero-order valence-corrected chi connectivity index (χ0v) is 16.2. The smallest absolute Gasteiger partial charge is 0.269 e. The molecule has 0 bridgehead atoms. The summed E-state index contributed by atoms with van der Waals surface area (Å²) in [6.07, 6.45) is 5.00. The molecule has 0 spiro atoms. The number of pyridine rings is 1. The van der Waals surface area contributed by atoms with Crippen LogP contribution in [0, 0.1) is 6.92 Å². The molecule has 1 N–H and O–H groups in total. The molecule has 0 saturated carbocycles. The first-order chi connectivity index (χ1) is 14.0. The quantitative estimate of drug-likeness (QED) is 0.722. The second-order valence-corrected chi connectivity index (χ2v) is 6.78. The highest BCUT2D eigenvalue weighted by Gasteiger charge is 2.32. The first-order valence-electron chi connectivity index (χ1n) is 9.39. The minimum atomic E-state index is -0.725. The van der Waals surface area contributed by atoms with E-state index in [0.29, 0.717) is 23.7 Å². The summed E-state index contributed by atoms with van der Waals surface area (Å²) in [5.74, 6) is 0.462. The third kappa shape index (κ3) is 3.82. The molecule has 29 heavy (non-hydrogen) atoms. The van der Waals surface area contributed by atoms with Gasteiger partial charge in [0.2, 0.25) is 5.91 Å². The summed E-state index contributed by atoms with van der Waals surface area (Å²) in [4.78, 5) is 35.0. The van der Waals surface area contributed by atoms with E-state index in [4.69, 9.17) is 4.74 Å². The van der Waals surface area contributed by atoms with Gasteiger partial charge in [-0.15, -0.1) is 0 Å². The third-order valence-corrected chi connectivity index (χ3v) is 4.66. The predicted molar refractivity (Wildman–Crippen MR) is 108 cm³/mol. The van der Waals surface area contributed by atoms with Crippen LogP contribution in [0.15, 0.2) is 55.1 Å². The summed E-state index contributed by atoms with van der Waals surface area (Å²) in [5.41, 5.74) is 2.40. The number of hydrogen-bond donors (Lipinski definition) is 1. The summed E-state index contributed by atoms with van der Waals surface area (Å²) in [5, 5.41) is 2.73. The minimum Gasteiger partial charge on any atom is -0.481 e. The first-order valence-corrected chi connectivity index (χ1v) is 9.39. The highest BCUT2D eigenvalue weighted by Crippen LogP contribution is 2.28. The van der Waals surface area contributed by atoms with Crippen molar-refractivity contribution in [2.75, 3.05) is 16.8 Å². The molecule has 8 heteroatoms. The van der Waals surface area contributed by atoms with Crippen LogP contribution in [-0.2, 0) is 9.59 Å². The molecule has 4 rings (SSSR count). The Kier molecular flexibility index (Phi) is 4.99. The van der Waals surface area contributed by atoms with Crippen LogP contribution in [0.4, 0.5) is 11.5 Å². The fraction of sp³-hybridized carbons (Fsp3) is 0.238. The molecule has 1 aliphatic rings. The lowest BCUT2D eigenvalue weighted by molar-refractivity contribution is -0.127. The maximum atomic E-state index is 13.1. The number of ether oxygens (including phenoxy) is 1. The first kappa shape index (κ1) is 18.7. The Balaban J connectivity index is 1.52. The van der Waals surface area contributed by atoms with E-state index in [-0.39, 0.29) is 18.4 Å². The summed E-state index contributed by atoms with van der Waals surface area (Å²) in [7, 11) is 0. The molecular weight excluding hydrogens is 370 g/mol. The number of benzene rings is 1. The molecule has 0 aliphatic carbocycles. The van der Waals surface area contributed by atoms with E-state index in [1.165, 1.54) is 4.90 Å². The van der Waals surface area contributed by atoms with Crippen LogP contribution in [0.1, 0.15) is 19.0 Å². The molecule has 2 amide bonds. The minimum absolute atomic E-state index is 0.0817. The van der Waals surface area contributed by atoms with Crippen molar-refractivity contribution in [1.82, 2.24) is 14.5 Å². The average molecular weight is 391 g/mol. The molecule has 1 atom stereocenters. The average Bonchev–Trinajstić information content (AvgIpc) is 3.17. The van der Waals surface area contributed by atoms with Gasteiger partial charge < -0.3 is 14.6 Å². The number of nitrogens with zero attached hydrogens (tertiary/aromatic N) is 4. The van der Waals surface area contributed by atoms with Gasteiger partial charge in [-0.1, -0.05) is 6.92 Å². The van der Waals surface area contributed by atoms with Crippen molar-refractivity contribution in [3.8, 4) is 11.4 Å². The molecule has 3 heterocycles. The van der Waals surface area contributed by atoms with Crippen LogP contribution in [0.3, 0.4) is 0 Å². The van der Waals surface area contributed by atoms with Gasteiger partial charge in [0, 0.05) is 18.1 Å². The molecule has 2 aromatic heterocycles. The van der Waals surface area contributed by atoms with Crippen LogP contribution in [0.2, 0.25) is 0 Å². The highest BCUT2D eigenvalue weighted by molar-refractivity contribution is 6.10. The molecule has 1 aliphatic heterocycles. The lowest BCUT2D eigenvalue weighted by Crippen LogP contribution is -2.48. The van der Waals surface area contributed by atoms with Gasteiger partial charge in [0.05, 0.1) is 17.7 Å². The van der Waals surface area contributed by atoms with Gasteiger partial charge in [0.1, 0.15) is 12.3 Å². The Labute approximate surface area is 168 Å². The molecule has 1 unspecified atom stereocenters. The fourth-order valence-electron chi connectivity index (χ4n) is 3.21. The van der Waals surface area contributed by atoms with Crippen molar-refractivity contribution >= 4 is 23.3 Å². The van der Waals surface area contributed by atoms with E-state index in [2.05, 4.69) is 15.3 Å². The number of rotatable bonds is 5. The standard InChI is InChI=1S/C21H21N5O3/c1-3-18(21(28)26-12-19(27)24-17-5-4-10-22-20(17)26)29-16-8-6-15(7-9-16)25-11-14(2)23-13-25/h4-11,13,18H,3,12H2,1-2H3,(H,24,27). The van der Waals surface area contributed by atoms with Crippen molar-refractivity contribution in [3.05, 3.63) is 60.8 Å². The Hall–Kier alpha value is -3.68. The number of nitrogens with one attached hydrogen (secondary N) is 1. The van der Waals surface area contributed by atoms with E-state index in [1.54, 1.807) is 24.7 Å².